The molecule has 1 unspecified atom stereocenters. The lowest BCUT2D eigenvalue weighted by Crippen LogP contribution is -2.24. The van der Waals surface area contributed by atoms with Crippen LogP contribution in [0, 0.1) is 0 Å². The second kappa shape index (κ2) is 11.8. The zero-order valence-corrected chi connectivity index (χ0v) is 14.4. The summed E-state index contributed by atoms with van der Waals surface area (Å²) in [4.78, 5) is 11.1. The van der Waals surface area contributed by atoms with Crippen LogP contribution < -0.4 is 0 Å². The SMILES string of the molecule is O=C(O)c1ccccc1C=CCOCCOCCOC1CCCCO1. The summed E-state index contributed by atoms with van der Waals surface area (Å²) in [5, 5.41) is 9.09. The fourth-order valence-electron chi connectivity index (χ4n) is 2.46. The normalized spacial score (nSPS) is 17.8. The van der Waals surface area contributed by atoms with E-state index in [2.05, 4.69) is 0 Å². The van der Waals surface area contributed by atoms with Crippen molar-refractivity contribution in [3.8, 4) is 0 Å². The Morgan fingerprint density at radius 1 is 1.16 bits per heavy atom. The first-order valence-corrected chi connectivity index (χ1v) is 8.65. The summed E-state index contributed by atoms with van der Waals surface area (Å²) < 4.78 is 21.9. The fourth-order valence-corrected chi connectivity index (χ4v) is 2.46. The van der Waals surface area contributed by atoms with Crippen LogP contribution in [0.2, 0.25) is 0 Å². The molecule has 6 nitrogen and oxygen atoms in total. The molecule has 1 aromatic rings. The number of ether oxygens (including phenoxy) is 4. The quantitative estimate of drug-likeness (QED) is 0.619. The van der Waals surface area contributed by atoms with Gasteiger partial charge < -0.3 is 24.1 Å². The molecule has 1 heterocycles. The fraction of sp³-hybridized carbons (Fsp3) is 0.526. The zero-order valence-electron chi connectivity index (χ0n) is 14.4. The van der Waals surface area contributed by atoms with Gasteiger partial charge in [-0.05, 0) is 30.9 Å². The summed E-state index contributed by atoms with van der Waals surface area (Å²) in [6, 6.07) is 6.86. The Morgan fingerprint density at radius 3 is 2.76 bits per heavy atom. The third-order valence-corrected chi connectivity index (χ3v) is 3.74. The topological polar surface area (TPSA) is 74.2 Å². The summed E-state index contributed by atoms with van der Waals surface area (Å²) in [6.07, 6.45) is 6.70. The molecular formula is C19H26O6. The smallest absolute Gasteiger partial charge is 0.336 e. The van der Waals surface area contributed by atoms with Crippen LogP contribution in [0.4, 0.5) is 0 Å². The molecule has 1 N–H and O–H groups in total. The molecule has 0 saturated carbocycles. The minimum Gasteiger partial charge on any atom is -0.478 e. The number of carboxylic acid groups (broad SMARTS) is 1. The Labute approximate surface area is 148 Å². The van der Waals surface area contributed by atoms with Gasteiger partial charge in [-0.1, -0.05) is 30.4 Å². The van der Waals surface area contributed by atoms with Crippen LogP contribution in [0.3, 0.4) is 0 Å². The molecule has 2 rings (SSSR count). The maximum Gasteiger partial charge on any atom is 0.336 e. The molecular weight excluding hydrogens is 324 g/mol. The van der Waals surface area contributed by atoms with Crippen LogP contribution in [0.1, 0.15) is 35.2 Å². The van der Waals surface area contributed by atoms with Gasteiger partial charge in [-0.25, -0.2) is 4.79 Å². The van der Waals surface area contributed by atoms with E-state index in [1.165, 1.54) is 0 Å². The van der Waals surface area contributed by atoms with Gasteiger partial charge in [0.2, 0.25) is 0 Å². The molecule has 0 aliphatic carbocycles. The van der Waals surface area contributed by atoms with Gasteiger partial charge in [0.15, 0.2) is 6.29 Å². The third kappa shape index (κ3) is 7.79. The number of carbonyl (C=O) groups is 1. The van der Waals surface area contributed by atoms with E-state index in [4.69, 9.17) is 24.1 Å². The van der Waals surface area contributed by atoms with E-state index in [0.29, 0.717) is 38.6 Å². The number of aromatic carboxylic acids is 1. The van der Waals surface area contributed by atoms with Crippen molar-refractivity contribution in [3.63, 3.8) is 0 Å². The lowest BCUT2D eigenvalue weighted by molar-refractivity contribution is -0.169. The Balaban J connectivity index is 1.48. The van der Waals surface area contributed by atoms with Crippen molar-refractivity contribution in [1.82, 2.24) is 0 Å². The highest BCUT2D eigenvalue weighted by Crippen LogP contribution is 2.13. The zero-order chi connectivity index (χ0) is 17.7. The molecule has 138 valence electrons. The highest BCUT2D eigenvalue weighted by Gasteiger charge is 2.13. The summed E-state index contributed by atoms with van der Waals surface area (Å²) in [6.45, 7) is 3.20. The minimum absolute atomic E-state index is 0.0765. The lowest BCUT2D eigenvalue weighted by atomic mass is 10.1. The molecule has 25 heavy (non-hydrogen) atoms. The lowest BCUT2D eigenvalue weighted by Gasteiger charge is -2.22. The first kappa shape index (κ1) is 19.6. The van der Waals surface area contributed by atoms with E-state index in [9.17, 15) is 4.79 Å². The minimum atomic E-state index is -0.935. The summed E-state index contributed by atoms with van der Waals surface area (Å²) >= 11 is 0. The van der Waals surface area contributed by atoms with Crippen molar-refractivity contribution in [3.05, 3.63) is 41.5 Å². The van der Waals surface area contributed by atoms with Crippen molar-refractivity contribution >= 4 is 12.0 Å². The van der Waals surface area contributed by atoms with E-state index >= 15 is 0 Å². The average molecular weight is 350 g/mol. The summed E-state index contributed by atoms with van der Waals surface area (Å²) in [7, 11) is 0. The predicted molar refractivity (Wildman–Crippen MR) is 93.6 cm³/mol. The molecule has 0 amide bonds. The van der Waals surface area contributed by atoms with Crippen molar-refractivity contribution < 1.29 is 28.8 Å². The number of rotatable bonds is 11. The number of hydrogen-bond donors (Lipinski definition) is 1. The van der Waals surface area contributed by atoms with Crippen molar-refractivity contribution in [2.45, 2.75) is 25.6 Å². The van der Waals surface area contributed by atoms with E-state index in [1.807, 2.05) is 0 Å². The van der Waals surface area contributed by atoms with Gasteiger partial charge in [-0.3, -0.25) is 0 Å². The predicted octanol–water partition coefficient (Wildman–Crippen LogP) is 2.97. The van der Waals surface area contributed by atoms with Gasteiger partial charge >= 0.3 is 5.97 Å². The third-order valence-electron chi connectivity index (χ3n) is 3.74. The van der Waals surface area contributed by atoms with Gasteiger partial charge in [-0.2, -0.15) is 0 Å². The van der Waals surface area contributed by atoms with E-state index in [1.54, 1.807) is 36.4 Å². The molecule has 1 fully saturated rings. The Bertz CT molecular complexity index is 536. The number of hydrogen-bond acceptors (Lipinski definition) is 5. The second-order valence-electron chi connectivity index (χ2n) is 5.65. The van der Waals surface area contributed by atoms with Crippen LogP contribution in [0.15, 0.2) is 30.3 Å². The average Bonchev–Trinajstić information content (AvgIpc) is 2.64. The largest absolute Gasteiger partial charge is 0.478 e. The highest BCUT2D eigenvalue weighted by atomic mass is 16.7. The molecule has 0 aromatic heterocycles. The van der Waals surface area contributed by atoms with Gasteiger partial charge in [0, 0.05) is 6.61 Å². The molecule has 1 saturated heterocycles. The van der Waals surface area contributed by atoms with Gasteiger partial charge in [0.05, 0.1) is 38.6 Å². The van der Waals surface area contributed by atoms with Crippen molar-refractivity contribution in [2.75, 3.05) is 39.6 Å². The first-order chi connectivity index (χ1) is 12.3. The van der Waals surface area contributed by atoms with Gasteiger partial charge in [0.1, 0.15) is 0 Å². The number of carboxylic acids is 1. The second-order valence-corrected chi connectivity index (χ2v) is 5.65. The molecule has 1 aliphatic rings. The van der Waals surface area contributed by atoms with Crippen molar-refractivity contribution in [2.24, 2.45) is 0 Å². The Morgan fingerprint density at radius 2 is 1.96 bits per heavy atom. The van der Waals surface area contributed by atoms with Gasteiger partial charge in [0.25, 0.3) is 0 Å². The van der Waals surface area contributed by atoms with Crippen LogP contribution in [-0.2, 0) is 18.9 Å². The maximum absolute atomic E-state index is 11.1. The van der Waals surface area contributed by atoms with E-state index < -0.39 is 5.97 Å². The maximum atomic E-state index is 11.1. The molecule has 0 spiro atoms. The summed E-state index contributed by atoms with van der Waals surface area (Å²) in [5.74, 6) is -0.935. The number of benzene rings is 1. The highest BCUT2D eigenvalue weighted by molar-refractivity contribution is 5.92. The Kier molecular flexibility index (Phi) is 9.22. The van der Waals surface area contributed by atoms with E-state index in [-0.39, 0.29) is 11.9 Å². The molecule has 1 aromatic carbocycles. The molecule has 1 aliphatic heterocycles. The van der Waals surface area contributed by atoms with E-state index in [0.717, 1.165) is 25.9 Å². The van der Waals surface area contributed by atoms with Crippen LogP contribution in [-0.4, -0.2) is 57.0 Å². The standard InChI is InChI=1S/C19H26O6/c20-19(21)17-8-2-1-6-16(17)7-5-10-22-12-13-23-14-15-25-18-9-3-4-11-24-18/h1-2,5-8,18H,3-4,9-15H2,(H,20,21). The van der Waals surface area contributed by atoms with Gasteiger partial charge in [-0.15, -0.1) is 0 Å². The van der Waals surface area contributed by atoms with Crippen LogP contribution >= 0.6 is 0 Å². The first-order valence-electron chi connectivity index (χ1n) is 8.65. The monoisotopic (exact) mass is 350 g/mol. The van der Waals surface area contributed by atoms with Crippen molar-refractivity contribution in [1.29, 1.82) is 0 Å². The van der Waals surface area contributed by atoms with Crippen LogP contribution in [0.25, 0.3) is 6.08 Å². The molecule has 0 radical (unpaired) electrons. The molecule has 6 heteroatoms. The van der Waals surface area contributed by atoms with Crippen LogP contribution in [0.5, 0.6) is 0 Å². The Hall–Kier alpha value is -1.73. The summed E-state index contributed by atoms with van der Waals surface area (Å²) in [5.41, 5.74) is 0.945. The molecule has 1 atom stereocenters. The molecule has 0 bridgehead atoms.